The van der Waals surface area contributed by atoms with Crippen LogP contribution in [0.4, 0.5) is 0 Å². The lowest BCUT2D eigenvalue weighted by molar-refractivity contribution is -0.124. The third-order valence-electron chi connectivity index (χ3n) is 3.75. The van der Waals surface area contributed by atoms with Gasteiger partial charge in [0, 0.05) is 25.6 Å². The molecule has 0 heterocycles. The van der Waals surface area contributed by atoms with Crippen LogP contribution in [-0.4, -0.2) is 37.5 Å². The zero-order valence-corrected chi connectivity index (χ0v) is 16.2. The second-order valence-corrected chi connectivity index (χ2v) is 5.45. The molecule has 1 unspecified atom stereocenters. The zero-order valence-electron chi connectivity index (χ0n) is 14.6. The SMILES string of the molecule is CCN(CC)Cc1ccc(CNC(=O)C(C)CNC)cc1.Cl.Cl. The van der Waals surface area contributed by atoms with Gasteiger partial charge >= 0.3 is 0 Å². The fourth-order valence-electron chi connectivity index (χ4n) is 2.23. The summed E-state index contributed by atoms with van der Waals surface area (Å²) in [5.41, 5.74) is 2.46. The Bertz CT molecular complexity index is 422. The van der Waals surface area contributed by atoms with Crippen LogP contribution in [-0.2, 0) is 17.9 Å². The number of nitrogens with one attached hydrogen (secondary N) is 2. The van der Waals surface area contributed by atoms with Crippen molar-refractivity contribution in [1.82, 2.24) is 15.5 Å². The molecule has 6 heteroatoms. The standard InChI is InChI=1S/C17H29N3O.2ClH/c1-5-20(6-2)13-16-9-7-15(8-10-16)12-19-17(21)14(3)11-18-4;;/h7-10,14,18H,5-6,11-13H2,1-4H3,(H,19,21);2*1H. The molecule has 0 saturated carbocycles. The van der Waals surface area contributed by atoms with E-state index in [4.69, 9.17) is 0 Å². The number of carbonyl (C=O) groups is 1. The van der Waals surface area contributed by atoms with E-state index in [0.717, 1.165) is 25.2 Å². The van der Waals surface area contributed by atoms with Crippen molar-refractivity contribution in [3.05, 3.63) is 35.4 Å². The third-order valence-corrected chi connectivity index (χ3v) is 3.75. The first-order chi connectivity index (χ1) is 10.1. The van der Waals surface area contributed by atoms with E-state index in [2.05, 4.69) is 53.6 Å². The van der Waals surface area contributed by atoms with E-state index in [1.165, 1.54) is 5.56 Å². The summed E-state index contributed by atoms with van der Waals surface area (Å²) in [5, 5.41) is 5.99. The first-order valence-electron chi connectivity index (χ1n) is 7.83. The summed E-state index contributed by atoms with van der Waals surface area (Å²) in [7, 11) is 1.86. The first-order valence-corrected chi connectivity index (χ1v) is 7.83. The van der Waals surface area contributed by atoms with Gasteiger partial charge in [-0.2, -0.15) is 0 Å². The van der Waals surface area contributed by atoms with Gasteiger partial charge in [-0.25, -0.2) is 0 Å². The molecule has 0 aliphatic carbocycles. The summed E-state index contributed by atoms with van der Waals surface area (Å²) in [6, 6.07) is 8.50. The summed E-state index contributed by atoms with van der Waals surface area (Å²) in [6.45, 7) is 10.7. The molecule has 0 spiro atoms. The molecular formula is C17H31Cl2N3O. The fourth-order valence-corrected chi connectivity index (χ4v) is 2.23. The van der Waals surface area contributed by atoms with E-state index in [1.807, 2.05) is 14.0 Å². The molecule has 2 N–H and O–H groups in total. The van der Waals surface area contributed by atoms with Crippen molar-refractivity contribution in [2.45, 2.75) is 33.9 Å². The van der Waals surface area contributed by atoms with Crippen LogP contribution in [0.3, 0.4) is 0 Å². The Morgan fingerprint density at radius 3 is 2.09 bits per heavy atom. The van der Waals surface area contributed by atoms with Gasteiger partial charge in [-0.3, -0.25) is 9.69 Å². The van der Waals surface area contributed by atoms with E-state index in [-0.39, 0.29) is 36.6 Å². The minimum Gasteiger partial charge on any atom is -0.352 e. The number of amides is 1. The van der Waals surface area contributed by atoms with Crippen molar-refractivity contribution in [2.24, 2.45) is 5.92 Å². The highest BCUT2D eigenvalue weighted by atomic mass is 35.5. The highest BCUT2D eigenvalue weighted by Crippen LogP contribution is 2.08. The van der Waals surface area contributed by atoms with Gasteiger partial charge in [-0.05, 0) is 31.3 Å². The maximum absolute atomic E-state index is 11.8. The molecule has 1 aromatic rings. The number of nitrogens with zero attached hydrogens (tertiary/aromatic N) is 1. The van der Waals surface area contributed by atoms with Crippen molar-refractivity contribution in [1.29, 1.82) is 0 Å². The normalized spacial score (nSPS) is 11.3. The van der Waals surface area contributed by atoms with Gasteiger partial charge in [0.2, 0.25) is 5.91 Å². The van der Waals surface area contributed by atoms with Crippen LogP contribution >= 0.6 is 24.8 Å². The average molecular weight is 364 g/mol. The maximum Gasteiger partial charge on any atom is 0.224 e. The number of hydrogen-bond donors (Lipinski definition) is 2. The largest absolute Gasteiger partial charge is 0.352 e. The van der Waals surface area contributed by atoms with Crippen LogP contribution in [0.1, 0.15) is 31.9 Å². The predicted octanol–water partition coefficient (Wildman–Crippen LogP) is 2.84. The number of halogens is 2. The van der Waals surface area contributed by atoms with Crippen molar-refractivity contribution in [2.75, 3.05) is 26.7 Å². The van der Waals surface area contributed by atoms with Crippen molar-refractivity contribution in [3.8, 4) is 0 Å². The fraction of sp³-hybridized carbons (Fsp3) is 0.588. The number of carbonyl (C=O) groups excluding carboxylic acids is 1. The van der Waals surface area contributed by atoms with Crippen LogP contribution in [0.2, 0.25) is 0 Å². The van der Waals surface area contributed by atoms with Gasteiger partial charge in [0.05, 0.1) is 0 Å². The Hall–Kier alpha value is -0.810. The number of benzene rings is 1. The summed E-state index contributed by atoms with van der Waals surface area (Å²) in [4.78, 5) is 14.2. The predicted molar refractivity (Wildman–Crippen MR) is 103 cm³/mol. The molecule has 134 valence electrons. The Balaban J connectivity index is 0. The maximum atomic E-state index is 11.8. The second-order valence-electron chi connectivity index (χ2n) is 5.45. The van der Waals surface area contributed by atoms with Gasteiger partial charge < -0.3 is 10.6 Å². The molecule has 0 bridgehead atoms. The Kier molecular flexibility index (Phi) is 14.5. The Morgan fingerprint density at radius 2 is 1.61 bits per heavy atom. The van der Waals surface area contributed by atoms with Gasteiger partial charge in [-0.1, -0.05) is 45.0 Å². The molecule has 0 aliphatic rings. The second kappa shape index (κ2) is 13.6. The van der Waals surface area contributed by atoms with E-state index >= 15 is 0 Å². The minimum absolute atomic E-state index is 0. The van der Waals surface area contributed by atoms with E-state index in [0.29, 0.717) is 13.1 Å². The topological polar surface area (TPSA) is 44.4 Å². The molecule has 1 rings (SSSR count). The highest BCUT2D eigenvalue weighted by molar-refractivity contribution is 5.85. The molecule has 0 saturated heterocycles. The van der Waals surface area contributed by atoms with Gasteiger partial charge in [0.25, 0.3) is 0 Å². The molecule has 0 aliphatic heterocycles. The molecule has 1 aromatic carbocycles. The molecule has 0 radical (unpaired) electrons. The molecule has 1 atom stereocenters. The van der Waals surface area contributed by atoms with E-state index in [1.54, 1.807) is 0 Å². The summed E-state index contributed by atoms with van der Waals surface area (Å²) < 4.78 is 0. The van der Waals surface area contributed by atoms with Crippen LogP contribution in [0.15, 0.2) is 24.3 Å². The van der Waals surface area contributed by atoms with Crippen LogP contribution in [0.25, 0.3) is 0 Å². The van der Waals surface area contributed by atoms with E-state index in [9.17, 15) is 4.79 Å². The lowest BCUT2D eigenvalue weighted by atomic mass is 10.1. The van der Waals surface area contributed by atoms with Crippen LogP contribution in [0, 0.1) is 5.92 Å². The van der Waals surface area contributed by atoms with Crippen LogP contribution < -0.4 is 10.6 Å². The van der Waals surface area contributed by atoms with Crippen LogP contribution in [0.5, 0.6) is 0 Å². The van der Waals surface area contributed by atoms with Gasteiger partial charge in [0.1, 0.15) is 0 Å². The number of rotatable bonds is 9. The lowest BCUT2D eigenvalue weighted by Gasteiger charge is -2.18. The van der Waals surface area contributed by atoms with Crippen molar-refractivity contribution >= 4 is 30.7 Å². The van der Waals surface area contributed by atoms with Crippen molar-refractivity contribution in [3.63, 3.8) is 0 Å². The summed E-state index contributed by atoms with van der Waals surface area (Å²) >= 11 is 0. The molecule has 1 amide bonds. The molecule has 4 nitrogen and oxygen atoms in total. The Morgan fingerprint density at radius 1 is 1.09 bits per heavy atom. The van der Waals surface area contributed by atoms with Gasteiger partial charge in [0.15, 0.2) is 0 Å². The molecular weight excluding hydrogens is 333 g/mol. The first kappa shape index (κ1) is 24.4. The lowest BCUT2D eigenvalue weighted by Crippen LogP contribution is -2.33. The van der Waals surface area contributed by atoms with Gasteiger partial charge in [-0.15, -0.1) is 24.8 Å². The third kappa shape index (κ3) is 9.16. The zero-order chi connectivity index (χ0) is 15.7. The van der Waals surface area contributed by atoms with Crippen molar-refractivity contribution < 1.29 is 4.79 Å². The van der Waals surface area contributed by atoms with E-state index < -0.39 is 0 Å². The Labute approximate surface area is 153 Å². The molecule has 23 heavy (non-hydrogen) atoms. The smallest absolute Gasteiger partial charge is 0.224 e. The summed E-state index contributed by atoms with van der Waals surface area (Å²) in [6.07, 6.45) is 0. The molecule has 0 aromatic heterocycles. The number of hydrogen-bond acceptors (Lipinski definition) is 3. The average Bonchev–Trinajstić information content (AvgIpc) is 2.51. The monoisotopic (exact) mass is 363 g/mol. The summed E-state index contributed by atoms with van der Waals surface area (Å²) in [5.74, 6) is 0.0912. The quantitative estimate of drug-likeness (QED) is 0.708. The minimum atomic E-state index is -0.00283. The highest BCUT2D eigenvalue weighted by Gasteiger charge is 2.10. The molecule has 0 fully saturated rings.